The summed E-state index contributed by atoms with van der Waals surface area (Å²) in [7, 11) is 0. The Morgan fingerprint density at radius 1 is 1.46 bits per heavy atom. The zero-order valence-corrected chi connectivity index (χ0v) is 8.76. The van der Waals surface area contributed by atoms with Gasteiger partial charge in [-0.05, 0) is 26.7 Å². The standard InChI is InChI=1S/C9H21N3O/c1-4-8(10)5-6-11-9(13)12-7(2)3/h7-8H,4-6,10H2,1-3H3,(H2,11,12,13). The molecule has 0 heterocycles. The topological polar surface area (TPSA) is 67.1 Å². The average Bonchev–Trinajstić information content (AvgIpc) is 2.02. The van der Waals surface area contributed by atoms with Crippen LogP contribution in [-0.2, 0) is 0 Å². The third kappa shape index (κ3) is 7.59. The molecule has 0 aromatic carbocycles. The first-order chi connectivity index (χ1) is 6.06. The van der Waals surface area contributed by atoms with Crippen LogP contribution in [-0.4, -0.2) is 24.7 Å². The summed E-state index contributed by atoms with van der Waals surface area (Å²) < 4.78 is 0. The number of carbonyl (C=O) groups excluding carboxylic acids is 1. The lowest BCUT2D eigenvalue weighted by atomic mass is 10.2. The fourth-order valence-electron chi connectivity index (χ4n) is 0.888. The van der Waals surface area contributed by atoms with Gasteiger partial charge in [0, 0.05) is 18.6 Å². The van der Waals surface area contributed by atoms with Crippen molar-refractivity contribution in [3.05, 3.63) is 0 Å². The number of rotatable bonds is 5. The molecule has 0 radical (unpaired) electrons. The van der Waals surface area contributed by atoms with E-state index in [9.17, 15) is 4.79 Å². The van der Waals surface area contributed by atoms with Gasteiger partial charge in [0.15, 0.2) is 0 Å². The van der Waals surface area contributed by atoms with Crippen molar-refractivity contribution >= 4 is 6.03 Å². The first kappa shape index (κ1) is 12.2. The molecule has 0 saturated carbocycles. The summed E-state index contributed by atoms with van der Waals surface area (Å²) in [5.41, 5.74) is 5.69. The van der Waals surface area contributed by atoms with Crippen molar-refractivity contribution in [2.24, 2.45) is 5.73 Å². The molecule has 0 aliphatic heterocycles. The molecule has 0 rings (SSSR count). The van der Waals surface area contributed by atoms with Gasteiger partial charge >= 0.3 is 6.03 Å². The smallest absolute Gasteiger partial charge is 0.314 e. The normalized spacial score (nSPS) is 12.7. The van der Waals surface area contributed by atoms with Crippen LogP contribution in [0.4, 0.5) is 4.79 Å². The number of hydrogen-bond acceptors (Lipinski definition) is 2. The second-order valence-electron chi connectivity index (χ2n) is 3.51. The Morgan fingerprint density at radius 2 is 2.08 bits per heavy atom. The summed E-state index contributed by atoms with van der Waals surface area (Å²) >= 11 is 0. The van der Waals surface area contributed by atoms with Gasteiger partial charge in [-0.2, -0.15) is 0 Å². The van der Waals surface area contributed by atoms with Crippen molar-refractivity contribution in [2.75, 3.05) is 6.54 Å². The van der Waals surface area contributed by atoms with E-state index in [0.29, 0.717) is 6.54 Å². The molecule has 0 aliphatic carbocycles. The minimum absolute atomic E-state index is 0.113. The van der Waals surface area contributed by atoms with Crippen LogP contribution in [0.25, 0.3) is 0 Å². The van der Waals surface area contributed by atoms with Crippen LogP contribution < -0.4 is 16.4 Å². The van der Waals surface area contributed by atoms with E-state index >= 15 is 0 Å². The minimum atomic E-state index is -0.113. The SMILES string of the molecule is CCC(N)CCNC(=O)NC(C)C. The summed E-state index contributed by atoms with van der Waals surface area (Å²) in [4.78, 5) is 11.1. The van der Waals surface area contributed by atoms with Gasteiger partial charge in [-0.15, -0.1) is 0 Å². The molecule has 0 aromatic rings. The zero-order chi connectivity index (χ0) is 10.3. The molecule has 4 nitrogen and oxygen atoms in total. The van der Waals surface area contributed by atoms with E-state index in [0.717, 1.165) is 12.8 Å². The number of amides is 2. The van der Waals surface area contributed by atoms with Gasteiger partial charge in [0.2, 0.25) is 0 Å². The van der Waals surface area contributed by atoms with Crippen LogP contribution in [0, 0.1) is 0 Å². The number of nitrogens with two attached hydrogens (primary N) is 1. The van der Waals surface area contributed by atoms with E-state index in [4.69, 9.17) is 5.73 Å². The van der Waals surface area contributed by atoms with Crippen molar-refractivity contribution in [3.63, 3.8) is 0 Å². The van der Waals surface area contributed by atoms with E-state index in [1.165, 1.54) is 0 Å². The highest BCUT2D eigenvalue weighted by molar-refractivity contribution is 5.73. The Bertz CT molecular complexity index is 148. The molecule has 4 heteroatoms. The maximum Gasteiger partial charge on any atom is 0.314 e. The highest BCUT2D eigenvalue weighted by atomic mass is 16.2. The first-order valence-electron chi connectivity index (χ1n) is 4.86. The number of nitrogens with one attached hydrogen (secondary N) is 2. The monoisotopic (exact) mass is 187 g/mol. The molecule has 1 unspecified atom stereocenters. The Morgan fingerprint density at radius 3 is 2.54 bits per heavy atom. The first-order valence-corrected chi connectivity index (χ1v) is 4.86. The lowest BCUT2D eigenvalue weighted by molar-refractivity contribution is 0.238. The van der Waals surface area contributed by atoms with Crippen LogP contribution in [0.15, 0.2) is 0 Å². The Labute approximate surface area is 80.3 Å². The molecule has 0 spiro atoms. The van der Waals surface area contributed by atoms with Crippen molar-refractivity contribution < 1.29 is 4.79 Å². The number of carbonyl (C=O) groups is 1. The van der Waals surface area contributed by atoms with E-state index in [1.807, 2.05) is 20.8 Å². The fraction of sp³-hybridized carbons (Fsp3) is 0.889. The molecule has 0 bridgehead atoms. The van der Waals surface area contributed by atoms with Crippen LogP contribution in [0.2, 0.25) is 0 Å². The van der Waals surface area contributed by atoms with Crippen LogP contribution >= 0.6 is 0 Å². The van der Waals surface area contributed by atoms with Crippen molar-refractivity contribution in [2.45, 2.75) is 45.7 Å². The van der Waals surface area contributed by atoms with Crippen LogP contribution in [0.1, 0.15) is 33.6 Å². The lowest BCUT2D eigenvalue weighted by Crippen LogP contribution is -2.41. The van der Waals surface area contributed by atoms with Gasteiger partial charge in [-0.1, -0.05) is 6.92 Å². The van der Waals surface area contributed by atoms with Crippen LogP contribution in [0.3, 0.4) is 0 Å². The third-order valence-electron chi connectivity index (χ3n) is 1.74. The molecule has 0 aliphatic rings. The van der Waals surface area contributed by atoms with Gasteiger partial charge < -0.3 is 16.4 Å². The highest BCUT2D eigenvalue weighted by Gasteiger charge is 2.02. The second-order valence-corrected chi connectivity index (χ2v) is 3.51. The maximum absolute atomic E-state index is 11.1. The van der Waals surface area contributed by atoms with E-state index in [1.54, 1.807) is 0 Å². The van der Waals surface area contributed by atoms with E-state index in [-0.39, 0.29) is 18.1 Å². The van der Waals surface area contributed by atoms with Crippen molar-refractivity contribution in [1.29, 1.82) is 0 Å². The quantitative estimate of drug-likeness (QED) is 0.596. The third-order valence-corrected chi connectivity index (χ3v) is 1.74. The minimum Gasteiger partial charge on any atom is -0.338 e. The molecule has 78 valence electrons. The average molecular weight is 187 g/mol. The Balaban J connectivity index is 3.37. The number of urea groups is 1. The van der Waals surface area contributed by atoms with Crippen LogP contribution in [0.5, 0.6) is 0 Å². The molecule has 0 saturated heterocycles. The van der Waals surface area contributed by atoms with E-state index in [2.05, 4.69) is 10.6 Å². The van der Waals surface area contributed by atoms with Gasteiger partial charge in [-0.25, -0.2) is 4.79 Å². The number of hydrogen-bond donors (Lipinski definition) is 3. The van der Waals surface area contributed by atoms with Gasteiger partial charge in [0.1, 0.15) is 0 Å². The molecule has 4 N–H and O–H groups in total. The lowest BCUT2D eigenvalue weighted by Gasteiger charge is -2.12. The molecular formula is C9H21N3O. The summed E-state index contributed by atoms with van der Waals surface area (Å²) in [5.74, 6) is 0. The largest absolute Gasteiger partial charge is 0.338 e. The Kier molecular flexibility index (Phi) is 6.32. The van der Waals surface area contributed by atoms with E-state index < -0.39 is 0 Å². The second kappa shape index (κ2) is 6.71. The molecular weight excluding hydrogens is 166 g/mol. The predicted molar refractivity (Wildman–Crippen MR) is 54.6 cm³/mol. The van der Waals surface area contributed by atoms with Gasteiger partial charge in [-0.3, -0.25) is 0 Å². The molecule has 2 amide bonds. The Hall–Kier alpha value is -0.770. The highest BCUT2D eigenvalue weighted by Crippen LogP contribution is 1.90. The van der Waals surface area contributed by atoms with Crippen molar-refractivity contribution in [3.8, 4) is 0 Å². The fourth-order valence-corrected chi connectivity index (χ4v) is 0.888. The molecule has 1 atom stereocenters. The summed E-state index contributed by atoms with van der Waals surface area (Å²) in [6, 6.07) is 0.262. The van der Waals surface area contributed by atoms with Gasteiger partial charge in [0.05, 0.1) is 0 Å². The summed E-state index contributed by atoms with van der Waals surface area (Å²) in [6.45, 7) is 6.54. The summed E-state index contributed by atoms with van der Waals surface area (Å²) in [5, 5.41) is 5.49. The predicted octanol–water partition coefficient (Wildman–Crippen LogP) is 0.821. The molecule has 13 heavy (non-hydrogen) atoms. The molecule has 0 fully saturated rings. The zero-order valence-electron chi connectivity index (χ0n) is 8.76. The molecule has 0 aromatic heterocycles. The maximum atomic E-state index is 11.1. The van der Waals surface area contributed by atoms with Gasteiger partial charge in [0.25, 0.3) is 0 Å². The summed E-state index contributed by atoms with van der Waals surface area (Å²) in [6.07, 6.45) is 1.79. The van der Waals surface area contributed by atoms with Crippen molar-refractivity contribution in [1.82, 2.24) is 10.6 Å².